The number of aliphatic carboxylic acids is 1. The molecule has 0 aromatic carbocycles. The van der Waals surface area contributed by atoms with Crippen LogP contribution in [0.2, 0.25) is 0 Å². The number of aliphatic hydroxyl groups is 1. The van der Waals surface area contributed by atoms with E-state index in [1.165, 1.54) is 44.9 Å². The second-order valence-corrected chi connectivity index (χ2v) is 10.6. The molecule has 11 heteroatoms. The number of unbranched alkanes of at least 4 members (excludes halogenated alkanes) is 12. The largest absolute Gasteiger partial charge is 0.480 e. The summed E-state index contributed by atoms with van der Waals surface area (Å²) in [5, 5.41) is 23.1. The van der Waals surface area contributed by atoms with Gasteiger partial charge in [-0.05, 0) is 19.3 Å². The summed E-state index contributed by atoms with van der Waals surface area (Å²) in [7, 11) is 0. The number of allylic oxidation sites excluding steroid dienone is 1. The fourth-order valence-corrected chi connectivity index (χ4v) is 4.93. The molecule has 38 heavy (non-hydrogen) atoms. The third kappa shape index (κ3) is 19.3. The Morgan fingerprint density at radius 3 is 1.92 bits per heavy atom. The van der Waals surface area contributed by atoms with Gasteiger partial charge in [0.2, 0.25) is 5.91 Å². The summed E-state index contributed by atoms with van der Waals surface area (Å²) in [6.07, 6.45) is 11.5. The third-order valence-corrected chi connectivity index (χ3v) is 7.29. The van der Waals surface area contributed by atoms with Gasteiger partial charge in [-0.25, -0.2) is 0 Å². The van der Waals surface area contributed by atoms with Crippen molar-refractivity contribution in [2.45, 2.75) is 128 Å². The van der Waals surface area contributed by atoms with Crippen molar-refractivity contribution in [3.8, 4) is 0 Å². The predicted octanol–water partition coefficient (Wildman–Crippen LogP) is 6.10. The molecule has 0 bridgehead atoms. The van der Waals surface area contributed by atoms with E-state index in [1.807, 2.05) is 18.3 Å². The Hall–Kier alpha value is -1.75. The van der Waals surface area contributed by atoms with Gasteiger partial charge in [-0.1, -0.05) is 97.0 Å². The van der Waals surface area contributed by atoms with Gasteiger partial charge in [0.25, 0.3) is 0 Å². The van der Waals surface area contributed by atoms with Crippen molar-refractivity contribution in [3.63, 3.8) is 0 Å². The van der Waals surface area contributed by atoms with Crippen LogP contribution in [0.5, 0.6) is 0 Å². The first-order chi connectivity index (χ1) is 18.0. The van der Waals surface area contributed by atoms with Crippen LogP contribution in [-0.4, -0.2) is 58.6 Å². The van der Waals surface area contributed by atoms with Gasteiger partial charge in [0.15, 0.2) is 0 Å². The molecule has 222 valence electrons. The Labute approximate surface area is 229 Å². The number of hydrogen-bond acceptors (Lipinski definition) is 5. The highest BCUT2D eigenvalue weighted by atomic mass is 32.2. The Morgan fingerprint density at radius 1 is 0.868 bits per heavy atom. The molecule has 0 heterocycles. The van der Waals surface area contributed by atoms with Gasteiger partial charge >= 0.3 is 18.1 Å². The molecule has 4 N–H and O–H groups in total. The maximum absolute atomic E-state index is 12.8. The van der Waals surface area contributed by atoms with E-state index < -0.39 is 42.7 Å². The van der Waals surface area contributed by atoms with E-state index >= 15 is 0 Å². The van der Waals surface area contributed by atoms with Gasteiger partial charge in [0.1, 0.15) is 12.6 Å². The van der Waals surface area contributed by atoms with Crippen molar-refractivity contribution in [1.82, 2.24) is 10.6 Å². The van der Waals surface area contributed by atoms with Crippen molar-refractivity contribution in [1.29, 1.82) is 0 Å². The second kappa shape index (κ2) is 22.1. The second-order valence-electron chi connectivity index (χ2n) is 9.54. The molecule has 0 spiro atoms. The van der Waals surface area contributed by atoms with Crippen LogP contribution in [-0.2, 0) is 14.4 Å². The highest BCUT2D eigenvalue weighted by Gasteiger charge is 2.41. The SMILES string of the molecule is CCCCCCCCCCCCC=C(SC[C@H](NC(=O)C(F)(F)F)C(=O)NCC(=O)O)[C@H](O)CCCCC. The third-order valence-electron chi connectivity index (χ3n) is 6.02. The van der Waals surface area contributed by atoms with Crippen molar-refractivity contribution < 1.29 is 37.8 Å². The van der Waals surface area contributed by atoms with Gasteiger partial charge in [0.05, 0.1) is 6.10 Å². The van der Waals surface area contributed by atoms with Crippen LogP contribution in [0.1, 0.15) is 110 Å². The molecule has 0 fully saturated rings. The summed E-state index contributed by atoms with van der Waals surface area (Å²) < 4.78 is 38.3. The average molecular weight is 569 g/mol. The van der Waals surface area contributed by atoms with Crippen LogP contribution in [0, 0.1) is 0 Å². The molecular formula is C27H47F3N2O5S. The fourth-order valence-electron chi connectivity index (χ4n) is 3.79. The summed E-state index contributed by atoms with van der Waals surface area (Å²) >= 11 is 1.01. The number of amides is 2. The fraction of sp³-hybridized carbons (Fsp3) is 0.815. The minimum Gasteiger partial charge on any atom is -0.480 e. The summed E-state index contributed by atoms with van der Waals surface area (Å²) in [5.41, 5.74) is 0. The summed E-state index contributed by atoms with van der Waals surface area (Å²) in [4.78, 5) is 35.1. The number of alkyl halides is 3. The molecule has 0 aliphatic rings. The molecular weight excluding hydrogens is 521 g/mol. The van der Waals surface area contributed by atoms with Crippen molar-refractivity contribution >= 4 is 29.5 Å². The lowest BCUT2D eigenvalue weighted by molar-refractivity contribution is -0.174. The number of aliphatic hydroxyl groups excluding tert-OH is 1. The Bertz CT molecular complexity index is 705. The molecule has 0 saturated heterocycles. The smallest absolute Gasteiger partial charge is 0.471 e. The molecule has 0 aromatic rings. The van der Waals surface area contributed by atoms with Crippen molar-refractivity contribution in [2.75, 3.05) is 12.3 Å². The minimum atomic E-state index is -5.19. The summed E-state index contributed by atoms with van der Waals surface area (Å²) in [6.45, 7) is 3.45. The van der Waals surface area contributed by atoms with E-state index in [9.17, 15) is 32.7 Å². The first-order valence-corrected chi connectivity index (χ1v) is 14.9. The standard InChI is InChI=1S/C27H47F3N2O5S/c1-3-5-7-8-9-10-11-12-13-14-16-18-23(22(33)17-15-6-4-2)38-20-21(25(36)31-19-24(34)35)32-26(37)27(28,29)30/h18,21-22,33H,3-17,19-20H2,1-2H3,(H,31,36)(H,32,37)(H,34,35)/t21-,22+/m0/s1. The molecule has 0 aliphatic heterocycles. The minimum absolute atomic E-state index is 0.276. The van der Waals surface area contributed by atoms with E-state index in [4.69, 9.17) is 5.11 Å². The van der Waals surface area contributed by atoms with Crippen LogP contribution < -0.4 is 10.6 Å². The number of carbonyl (C=O) groups excluding carboxylic acids is 2. The molecule has 0 aromatic heterocycles. The highest BCUT2D eigenvalue weighted by Crippen LogP contribution is 2.26. The zero-order valence-corrected chi connectivity index (χ0v) is 23.7. The van der Waals surface area contributed by atoms with E-state index in [2.05, 4.69) is 6.92 Å². The topological polar surface area (TPSA) is 116 Å². The molecule has 0 aliphatic carbocycles. The number of carbonyl (C=O) groups is 3. The zero-order chi connectivity index (χ0) is 28.8. The number of rotatable bonds is 23. The van der Waals surface area contributed by atoms with E-state index in [1.54, 1.807) is 5.32 Å². The molecule has 0 rings (SSSR count). The summed E-state index contributed by atoms with van der Waals surface area (Å²) in [6, 6.07) is -1.61. The first kappa shape index (κ1) is 36.2. The van der Waals surface area contributed by atoms with Gasteiger partial charge in [-0.15, -0.1) is 11.8 Å². The monoisotopic (exact) mass is 568 g/mol. The van der Waals surface area contributed by atoms with Crippen molar-refractivity contribution in [3.05, 3.63) is 11.0 Å². The van der Waals surface area contributed by atoms with Crippen LogP contribution in [0.15, 0.2) is 11.0 Å². The Kier molecular flexibility index (Phi) is 21.1. The Balaban J connectivity index is 5.00. The number of nitrogens with one attached hydrogen (secondary N) is 2. The van der Waals surface area contributed by atoms with Gasteiger partial charge in [-0.2, -0.15) is 13.2 Å². The van der Waals surface area contributed by atoms with Gasteiger partial charge in [-0.3, -0.25) is 14.4 Å². The quantitative estimate of drug-likeness (QED) is 0.111. The lowest BCUT2D eigenvalue weighted by Gasteiger charge is -2.21. The molecule has 0 unspecified atom stereocenters. The number of hydrogen-bond donors (Lipinski definition) is 4. The van der Waals surface area contributed by atoms with Crippen LogP contribution in [0.3, 0.4) is 0 Å². The van der Waals surface area contributed by atoms with Gasteiger partial charge < -0.3 is 20.8 Å². The van der Waals surface area contributed by atoms with Crippen LogP contribution >= 0.6 is 11.8 Å². The van der Waals surface area contributed by atoms with Gasteiger partial charge in [0, 0.05) is 10.7 Å². The first-order valence-electron chi connectivity index (χ1n) is 13.9. The van der Waals surface area contributed by atoms with Crippen LogP contribution in [0.4, 0.5) is 13.2 Å². The Morgan fingerprint density at radius 2 is 1.39 bits per heavy atom. The number of thioether (sulfide) groups is 1. The maximum Gasteiger partial charge on any atom is 0.471 e. The summed E-state index contributed by atoms with van der Waals surface area (Å²) in [5.74, 6) is -4.96. The molecule has 0 radical (unpaired) electrons. The maximum atomic E-state index is 12.8. The molecule has 7 nitrogen and oxygen atoms in total. The number of carboxylic acids is 1. The van der Waals surface area contributed by atoms with Crippen molar-refractivity contribution in [2.24, 2.45) is 0 Å². The molecule has 0 saturated carbocycles. The van der Waals surface area contributed by atoms with E-state index in [0.29, 0.717) is 17.7 Å². The normalized spacial score (nSPS) is 13.7. The average Bonchev–Trinajstić information content (AvgIpc) is 2.85. The lowest BCUT2D eigenvalue weighted by atomic mass is 10.1. The van der Waals surface area contributed by atoms with E-state index in [-0.39, 0.29) is 5.75 Å². The highest BCUT2D eigenvalue weighted by molar-refractivity contribution is 8.03. The molecule has 2 amide bonds. The zero-order valence-electron chi connectivity index (χ0n) is 22.9. The van der Waals surface area contributed by atoms with Crippen LogP contribution in [0.25, 0.3) is 0 Å². The van der Waals surface area contributed by atoms with E-state index in [0.717, 1.165) is 50.3 Å². The molecule has 2 atom stereocenters. The number of carboxylic acid groups (broad SMARTS) is 1. The lowest BCUT2D eigenvalue weighted by Crippen LogP contribution is -2.52. The predicted molar refractivity (Wildman–Crippen MR) is 146 cm³/mol. The number of halogens is 3.